The second kappa shape index (κ2) is 3.43. The zero-order valence-electron chi connectivity index (χ0n) is 5.83. The van der Waals surface area contributed by atoms with Crippen molar-refractivity contribution in [3.63, 3.8) is 0 Å². The summed E-state index contributed by atoms with van der Waals surface area (Å²) in [4.78, 5) is 0. The highest BCUT2D eigenvalue weighted by Crippen LogP contribution is 2.21. The van der Waals surface area contributed by atoms with Gasteiger partial charge in [0.15, 0.2) is 0 Å². The third kappa shape index (κ3) is 1.60. The molecule has 1 aromatic rings. The smallest absolute Gasteiger partial charge is 0.495 e. The fourth-order valence-electron chi connectivity index (χ4n) is 0.802. The van der Waals surface area contributed by atoms with Gasteiger partial charge in [-0.05, 0) is 28.1 Å². The van der Waals surface area contributed by atoms with Gasteiger partial charge in [-0.3, -0.25) is 0 Å². The molecule has 0 amide bonds. The largest absolute Gasteiger partial charge is 0.507 e. The standard InChI is InChI=1S/C6H5BBrFO3/c8-3-1-2-4(9)5(6(3)10)7(11)12/h1-2,10-12H. The zero-order valence-corrected chi connectivity index (χ0v) is 7.42. The summed E-state index contributed by atoms with van der Waals surface area (Å²) in [6, 6.07) is 2.30. The van der Waals surface area contributed by atoms with Crippen LogP contribution in [0.25, 0.3) is 0 Å². The predicted octanol–water partition coefficient (Wildman–Crippen LogP) is -0.0264. The molecule has 0 aliphatic carbocycles. The molecule has 64 valence electrons. The Morgan fingerprint density at radius 1 is 1.33 bits per heavy atom. The van der Waals surface area contributed by atoms with E-state index in [1.807, 2.05) is 0 Å². The topological polar surface area (TPSA) is 60.7 Å². The Labute approximate surface area is 76.7 Å². The quantitative estimate of drug-likeness (QED) is 0.599. The molecule has 1 rings (SSSR count). The maximum atomic E-state index is 12.8. The molecule has 0 radical (unpaired) electrons. The summed E-state index contributed by atoms with van der Waals surface area (Å²) in [5.74, 6) is -1.35. The van der Waals surface area contributed by atoms with E-state index < -0.39 is 24.1 Å². The van der Waals surface area contributed by atoms with Crippen LogP contribution in [0.2, 0.25) is 0 Å². The zero-order chi connectivity index (χ0) is 9.30. The number of halogens is 2. The molecular weight excluding hydrogens is 230 g/mol. The van der Waals surface area contributed by atoms with Crippen LogP contribution < -0.4 is 5.46 Å². The second-order valence-electron chi connectivity index (χ2n) is 2.17. The molecule has 1 aromatic carbocycles. The first-order valence-electron chi connectivity index (χ1n) is 3.07. The van der Waals surface area contributed by atoms with E-state index >= 15 is 0 Å². The average molecular weight is 235 g/mol. The summed E-state index contributed by atoms with van der Waals surface area (Å²) in [6.45, 7) is 0. The number of benzene rings is 1. The van der Waals surface area contributed by atoms with Crippen molar-refractivity contribution in [3.05, 3.63) is 22.4 Å². The lowest BCUT2D eigenvalue weighted by atomic mass is 9.79. The van der Waals surface area contributed by atoms with Crippen LogP contribution in [0, 0.1) is 5.82 Å². The van der Waals surface area contributed by atoms with Crippen molar-refractivity contribution < 1.29 is 19.5 Å². The molecular formula is C6H5BBrFO3. The van der Waals surface area contributed by atoms with Crippen molar-refractivity contribution in [2.45, 2.75) is 0 Å². The monoisotopic (exact) mass is 234 g/mol. The van der Waals surface area contributed by atoms with Gasteiger partial charge in [0.2, 0.25) is 0 Å². The molecule has 0 saturated carbocycles. The van der Waals surface area contributed by atoms with Crippen LogP contribution >= 0.6 is 15.9 Å². The molecule has 0 bridgehead atoms. The van der Waals surface area contributed by atoms with E-state index in [4.69, 9.17) is 15.2 Å². The van der Waals surface area contributed by atoms with Crippen LogP contribution in [0.1, 0.15) is 0 Å². The normalized spacial score (nSPS) is 10.0. The van der Waals surface area contributed by atoms with Gasteiger partial charge in [-0.25, -0.2) is 4.39 Å². The Hall–Kier alpha value is -0.585. The second-order valence-corrected chi connectivity index (χ2v) is 3.02. The molecule has 0 atom stereocenters. The Balaban J connectivity index is 3.33. The predicted molar refractivity (Wildman–Crippen MR) is 45.6 cm³/mol. The minimum atomic E-state index is -2.01. The van der Waals surface area contributed by atoms with Crippen molar-refractivity contribution in [2.75, 3.05) is 0 Å². The molecule has 0 spiro atoms. The van der Waals surface area contributed by atoms with Crippen molar-refractivity contribution >= 4 is 28.5 Å². The van der Waals surface area contributed by atoms with E-state index in [-0.39, 0.29) is 4.47 Å². The molecule has 0 aromatic heterocycles. The first-order valence-corrected chi connectivity index (χ1v) is 3.86. The fourth-order valence-corrected chi connectivity index (χ4v) is 1.15. The van der Waals surface area contributed by atoms with Gasteiger partial charge in [-0.15, -0.1) is 0 Å². The molecule has 0 aliphatic rings. The fraction of sp³-hybridized carbons (Fsp3) is 0. The minimum absolute atomic E-state index is 0.215. The highest BCUT2D eigenvalue weighted by Gasteiger charge is 2.22. The number of hydrogen-bond acceptors (Lipinski definition) is 3. The van der Waals surface area contributed by atoms with Gasteiger partial charge < -0.3 is 15.2 Å². The number of phenols is 1. The molecule has 0 saturated heterocycles. The lowest BCUT2D eigenvalue weighted by Crippen LogP contribution is -2.33. The number of hydrogen-bond donors (Lipinski definition) is 3. The highest BCUT2D eigenvalue weighted by atomic mass is 79.9. The lowest BCUT2D eigenvalue weighted by molar-refractivity contribution is 0.415. The van der Waals surface area contributed by atoms with Gasteiger partial charge in [0, 0.05) is 0 Å². The summed E-state index contributed by atoms with van der Waals surface area (Å²) < 4.78 is 13.0. The summed E-state index contributed by atoms with van der Waals surface area (Å²) >= 11 is 2.91. The SMILES string of the molecule is OB(O)c1c(F)ccc(Br)c1O. The number of phenolic OH excluding ortho intramolecular Hbond substituents is 1. The third-order valence-corrected chi connectivity index (χ3v) is 2.01. The van der Waals surface area contributed by atoms with Crippen molar-refractivity contribution in [2.24, 2.45) is 0 Å². The average Bonchev–Trinajstić information content (AvgIpc) is 1.97. The molecule has 3 nitrogen and oxygen atoms in total. The first kappa shape index (κ1) is 9.50. The van der Waals surface area contributed by atoms with Crippen LogP contribution in [0.15, 0.2) is 16.6 Å². The van der Waals surface area contributed by atoms with E-state index in [1.165, 1.54) is 6.07 Å². The summed E-state index contributed by atoms with van der Waals surface area (Å²) in [5, 5.41) is 26.4. The third-order valence-electron chi connectivity index (χ3n) is 1.37. The van der Waals surface area contributed by atoms with Crippen LogP contribution in [-0.4, -0.2) is 22.3 Å². The summed E-state index contributed by atoms with van der Waals surface area (Å²) in [5.41, 5.74) is -0.524. The summed E-state index contributed by atoms with van der Waals surface area (Å²) in [6.07, 6.45) is 0. The van der Waals surface area contributed by atoms with Gasteiger partial charge in [0.05, 0.1) is 9.94 Å². The number of rotatable bonds is 1. The molecule has 3 N–H and O–H groups in total. The Morgan fingerprint density at radius 3 is 2.33 bits per heavy atom. The van der Waals surface area contributed by atoms with Gasteiger partial charge in [-0.1, -0.05) is 0 Å². The van der Waals surface area contributed by atoms with Crippen LogP contribution in [0.3, 0.4) is 0 Å². The van der Waals surface area contributed by atoms with E-state index in [9.17, 15) is 4.39 Å². The van der Waals surface area contributed by atoms with E-state index in [0.29, 0.717) is 0 Å². The first-order chi connectivity index (χ1) is 5.54. The van der Waals surface area contributed by atoms with Crippen LogP contribution in [0.5, 0.6) is 5.75 Å². The molecule has 0 heterocycles. The minimum Gasteiger partial charge on any atom is -0.507 e. The molecule has 0 aliphatic heterocycles. The Bertz CT molecular complexity index is 305. The van der Waals surface area contributed by atoms with Gasteiger partial charge in [0.25, 0.3) is 0 Å². The van der Waals surface area contributed by atoms with E-state index in [0.717, 1.165) is 6.07 Å². The Morgan fingerprint density at radius 2 is 1.92 bits per heavy atom. The van der Waals surface area contributed by atoms with Gasteiger partial charge in [-0.2, -0.15) is 0 Å². The van der Waals surface area contributed by atoms with E-state index in [2.05, 4.69) is 15.9 Å². The molecule has 0 unspecified atom stereocenters. The Kier molecular flexibility index (Phi) is 2.71. The van der Waals surface area contributed by atoms with Crippen LogP contribution in [-0.2, 0) is 0 Å². The van der Waals surface area contributed by atoms with Crippen molar-refractivity contribution in [3.8, 4) is 5.75 Å². The van der Waals surface area contributed by atoms with Gasteiger partial charge >= 0.3 is 7.12 Å². The highest BCUT2D eigenvalue weighted by molar-refractivity contribution is 9.10. The van der Waals surface area contributed by atoms with E-state index in [1.54, 1.807) is 0 Å². The molecule has 6 heteroatoms. The van der Waals surface area contributed by atoms with Crippen molar-refractivity contribution in [1.29, 1.82) is 0 Å². The number of aromatic hydroxyl groups is 1. The summed E-state index contributed by atoms with van der Waals surface area (Å²) in [7, 11) is -2.01. The maximum Gasteiger partial charge on any atom is 0.495 e. The maximum absolute atomic E-state index is 12.8. The van der Waals surface area contributed by atoms with Gasteiger partial charge in [0.1, 0.15) is 11.6 Å². The van der Waals surface area contributed by atoms with Crippen LogP contribution in [0.4, 0.5) is 4.39 Å². The molecule has 0 fully saturated rings. The lowest BCUT2D eigenvalue weighted by Gasteiger charge is -2.05. The van der Waals surface area contributed by atoms with Crippen molar-refractivity contribution in [1.82, 2.24) is 0 Å². The molecule has 12 heavy (non-hydrogen) atoms.